The minimum absolute atomic E-state index is 0.160. The zero-order valence-corrected chi connectivity index (χ0v) is 12.5. The van der Waals surface area contributed by atoms with Gasteiger partial charge in [0.25, 0.3) is 0 Å². The van der Waals surface area contributed by atoms with Crippen LogP contribution in [0.3, 0.4) is 0 Å². The summed E-state index contributed by atoms with van der Waals surface area (Å²) < 4.78 is 23.3. The van der Waals surface area contributed by atoms with Crippen molar-refractivity contribution >= 4 is 33.6 Å². The van der Waals surface area contributed by atoms with Crippen LogP contribution in [0.5, 0.6) is 0 Å². The molecule has 0 spiro atoms. The van der Waals surface area contributed by atoms with Crippen LogP contribution in [0.2, 0.25) is 0 Å². The Morgan fingerprint density at radius 2 is 2.25 bits per heavy atom. The predicted octanol–water partition coefficient (Wildman–Crippen LogP) is -0.408. The molecule has 1 fully saturated rings. The van der Waals surface area contributed by atoms with Crippen molar-refractivity contribution in [1.82, 2.24) is 10.2 Å². The first-order valence-electron chi connectivity index (χ1n) is 5.77. The van der Waals surface area contributed by atoms with Crippen molar-refractivity contribution in [2.24, 2.45) is 0 Å². The van der Waals surface area contributed by atoms with Crippen molar-refractivity contribution < 1.29 is 23.1 Å². The molecule has 1 saturated heterocycles. The van der Waals surface area contributed by atoms with Gasteiger partial charge in [0.2, 0.25) is 0 Å². The lowest BCUT2D eigenvalue weighted by atomic mass is 10.2. The fourth-order valence-electron chi connectivity index (χ4n) is 1.72. The number of urea groups is 1. The first-order chi connectivity index (χ1) is 9.27. The molecule has 2 atom stereocenters. The van der Waals surface area contributed by atoms with E-state index in [4.69, 9.17) is 11.5 Å². The van der Waals surface area contributed by atoms with E-state index in [-0.39, 0.29) is 18.7 Å². The summed E-state index contributed by atoms with van der Waals surface area (Å²) in [7, 11) is -3.43. The Hall–Kier alpha value is -1.40. The zero-order valence-electron chi connectivity index (χ0n) is 10.9. The maximum Gasteiger partial charge on any atom is 0.327 e. The lowest BCUT2D eigenvalue weighted by Crippen LogP contribution is -2.56. The van der Waals surface area contributed by atoms with Gasteiger partial charge in [-0.05, 0) is 0 Å². The summed E-state index contributed by atoms with van der Waals surface area (Å²) in [5.41, 5.74) is 0. The Bertz CT molecular complexity index is 525. The Morgan fingerprint density at radius 3 is 2.75 bits per heavy atom. The number of carboxylic acids is 1. The SMILES string of the molecule is C#CCC(NC(=O)N1CCSCC1S(C)(=O)=O)C(=O)O. The summed E-state index contributed by atoms with van der Waals surface area (Å²) in [6.07, 6.45) is 5.94. The van der Waals surface area contributed by atoms with E-state index < -0.39 is 33.3 Å². The third kappa shape index (κ3) is 4.31. The molecule has 1 rings (SSSR count). The van der Waals surface area contributed by atoms with Crippen LogP contribution in [0.15, 0.2) is 0 Å². The molecule has 112 valence electrons. The van der Waals surface area contributed by atoms with E-state index >= 15 is 0 Å². The molecule has 1 aliphatic heterocycles. The fraction of sp³-hybridized carbons (Fsp3) is 0.636. The minimum Gasteiger partial charge on any atom is -0.480 e. The van der Waals surface area contributed by atoms with Gasteiger partial charge in [0, 0.05) is 30.7 Å². The third-order valence-electron chi connectivity index (χ3n) is 2.76. The smallest absolute Gasteiger partial charge is 0.327 e. The van der Waals surface area contributed by atoms with E-state index in [2.05, 4.69) is 11.2 Å². The molecule has 0 radical (unpaired) electrons. The first kappa shape index (κ1) is 16.7. The lowest BCUT2D eigenvalue weighted by Gasteiger charge is -2.34. The van der Waals surface area contributed by atoms with Crippen LogP contribution in [0.25, 0.3) is 0 Å². The number of aliphatic carboxylic acids is 1. The second-order valence-corrected chi connectivity index (χ2v) is 7.65. The maximum absolute atomic E-state index is 12.1. The normalized spacial score (nSPS) is 20.8. The molecule has 7 nitrogen and oxygen atoms in total. The number of rotatable bonds is 4. The number of amides is 2. The number of nitrogens with one attached hydrogen (secondary N) is 1. The topological polar surface area (TPSA) is 104 Å². The fourth-order valence-corrected chi connectivity index (χ4v) is 4.53. The number of thioether (sulfide) groups is 1. The average Bonchev–Trinajstić information content (AvgIpc) is 2.37. The van der Waals surface area contributed by atoms with Gasteiger partial charge in [0.05, 0.1) is 0 Å². The van der Waals surface area contributed by atoms with Gasteiger partial charge in [-0.3, -0.25) is 0 Å². The van der Waals surface area contributed by atoms with Crippen LogP contribution in [0, 0.1) is 12.3 Å². The molecule has 0 aromatic carbocycles. The Kier molecular flexibility index (Phi) is 5.71. The monoisotopic (exact) mass is 320 g/mol. The summed E-state index contributed by atoms with van der Waals surface area (Å²) in [5.74, 6) is 1.79. The van der Waals surface area contributed by atoms with Crippen LogP contribution < -0.4 is 5.32 Å². The molecule has 2 unspecified atom stereocenters. The largest absolute Gasteiger partial charge is 0.480 e. The highest BCUT2D eigenvalue weighted by Gasteiger charge is 2.35. The number of carbonyl (C=O) groups is 2. The molecule has 0 aromatic rings. The number of carboxylic acid groups (broad SMARTS) is 1. The number of nitrogens with zero attached hydrogens (tertiary/aromatic N) is 1. The van der Waals surface area contributed by atoms with E-state index in [9.17, 15) is 18.0 Å². The molecule has 0 aliphatic carbocycles. The van der Waals surface area contributed by atoms with Crippen molar-refractivity contribution in [3.05, 3.63) is 0 Å². The van der Waals surface area contributed by atoms with Gasteiger partial charge in [-0.25, -0.2) is 18.0 Å². The Labute approximate surface area is 122 Å². The number of sulfone groups is 1. The van der Waals surface area contributed by atoms with E-state index in [1.807, 2.05) is 0 Å². The lowest BCUT2D eigenvalue weighted by molar-refractivity contribution is -0.139. The quantitative estimate of drug-likeness (QED) is 0.683. The number of hydrogen-bond acceptors (Lipinski definition) is 5. The molecule has 20 heavy (non-hydrogen) atoms. The molecule has 0 bridgehead atoms. The predicted molar refractivity (Wildman–Crippen MR) is 76.1 cm³/mol. The molecule has 1 aliphatic rings. The van der Waals surface area contributed by atoms with E-state index in [0.717, 1.165) is 11.2 Å². The van der Waals surface area contributed by atoms with Crippen molar-refractivity contribution in [2.45, 2.75) is 17.8 Å². The van der Waals surface area contributed by atoms with Crippen molar-refractivity contribution in [2.75, 3.05) is 24.3 Å². The molecular formula is C11H16N2O5S2. The maximum atomic E-state index is 12.1. The van der Waals surface area contributed by atoms with Crippen molar-refractivity contribution in [3.8, 4) is 12.3 Å². The average molecular weight is 320 g/mol. The van der Waals surface area contributed by atoms with Crippen LogP contribution in [-0.2, 0) is 14.6 Å². The Balaban J connectivity index is 2.83. The zero-order chi connectivity index (χ0) is 15.3. The van der Waals surface area contributed by atoms with E-state index in [0.29, 0.717) is 5.75 Å². The number of terminal acetylenes is 1. The van der Waals surface area contributed by atoms with Gasteiger partial charge in [-0.1, -0.05) is 0 Å². The van der Waals surface area contributed by atoms with Crippen LogP contribution in [-0.4, -0.2) is 66.1 Å². The third-order valence-corrected chi connectivity index (χ3v) is 5.40. The summed E-state index contributed by atoms with van der Waals surface area (Å²) >= 11 is 1.44. The Morgan fingerprint density at radius 1 is 1.60 bits per heavy atom. The van der Waals surface area contributed by atoms with Crippen LogP contribution in [0.4, 0.5) is 4.79 Å². The van der Waals surface area contributed by atoms with Gasteiger partial charge in [-0.2, -0.15) is 11.8 Å². The molecule has 2 amide bonds. The number of hydrogen-bond donors (Lipinski definition) is 2. The highest BCUT2D eigenvalue weighted by molar-refractivity contribution is 8.00. The van der Waals surface area contributed by atoms with Gasteiger partial charge in [0.15, 0.2) is 9.84 Å². The molecule has 9 heteroatoms. The first-order valence-corrected chi connectivity index (χ1v) is 8.88. The van der Waals surface area contributed by atoms with Crippen molar-refractivity contribution in [1.29, 1.82) is 0 Å². The molecular weight excluding hydrogens is 304 g/mol. The van der Waals surface area contributed by atoms with Crippen LogP contribution in [0.1, 0.15) is 6.42 Å². The molecule has 0 aromatic heterocycles. The van der Waals surface area contributed by atoms with Gasteiger partial charge in [-0.15, -0.1) is 12.3 Å². The summed E-state index contributed by atoms with van der Waals surface area (Å²) in [5, 5.41) is 10.2. The van der Waals surface area contributed by atoms with Crippen LogP contribution >= 0.6 is 11.8 Å². The summed E-state index contributed by atoms with van der Waals surface area (Å²) in [6.45, 7) is 0.247. The molecule has 1 heterocycles. The van der Waals surface area contributed by atoms with E-state index in [1.165, 1.54) is 11.8 Å². The van der Waals surface area contributed by atoms with Crippen molar-refractivity contribution in [3.63, 3.8) is 0 Å². The molecule has 0 saturated carbocycles. The second-order valence-electron chi connectivity index (χ2n) is 4.30. The van der Waals surface area contributed by atoms with Gasteiger partial charge >= 0.3 is 12.0 Å². The standard InChI is InChI=1S/C11H16N2O5S2/c1-3-4-8(10(14)15)12-11(16)13-5-6-19-7-9(13)20(2,17)18/h1,8-9H,4-7H2,2H3,(H,12,16)(H,14,15). The molecule has 2 N–H and O–H groups in total. The second kappa shape index (κ2) is 6.85. The van der Waals surface area contributed by atoms with E-state index in [1.54, 1.807) is 0 Å². The van der Waals surface area contributed by atoms with Gasteiger partial charge in [0.1, 0.15) is 11.4 Å². The van der Waals surface area contributed by atoms with Gasteiger partial charge < -0.3 is 15.3 Å². The minimum atomic E-state index is -3.43. The highest BCUT2D eigenvalue weighted by Crippen LogP contribution is 2.20. The highest BCUT2D eigenvalue weighted by atomic mass is 32.2. The summed E-state index contributed by atoms with van der Waals surface area (Å²) in [4.78, 5) is 24.1. The number of carbonyl (C=O) groups excluding carboxylic acids is 1. The summed E-state index contributed by atoms with van der Waals surface area (Å²) in [6, 6.07) is -1.94.